The summed E-state index contributed by atoms with van der Waals surface area (Å²) in [5, 5.41) is 15.0. The predicted octanol–water partition coefficient (Wildman–Crippen LogP) is 2.41. The summed E-state index contributed by atoms with van der Waals surface area (Å²) in [7, 11) is 1.87. The van der Waals surface area contributed by atoms with Crippen molar-refractivity contribution in [2.75, 3.05) is 7.05 Å². The highest BCUT2D eigenvalue weighted by Gasteiger charge is 2.27. The molecule has 26 heavy (non-hydrogen) atoms. The molecule has 6 heteroatoms. The number of benzene rings is 2. The van der Waals surface area contributed by atoms with Crippen LogP contribution < -0.4 is 10.6 Å². The highest BCUT2D eigenvalue weighted by molar-refractivity contribution is 5.70. The third kappa shape index (κ3) is 2.37. The van der Waals surface area contributed by atoms with E-state index in [2.05, 4.69) is 5.16 Å². The van der Waals surface area contributed by atoms with Crippen molar-refractivity contribution in [1.29, 1.82) is 5.26 Å². The van der Waals surface area contributed by atoms with E-state index in [1.54, 1.807) is 24.6 Å². The molecule has 1 unspecified atom stereocenters. The average molecular weight is 346 g/mol. The first-order valence-corrected chi connectivity index (χ1v) is 8.10. The van der Waals surface area contributed by atoms with E-state index in [4.69, 9.17) is 9.52 Å². The van der Waals surface area contributed by atoms with Gasteiger partial charge in [0, 0.05) is 17.8 Å². The van der Waals surface area contributed by atoms with Crippen LogP contribution in [0, 0.1) is 24.1 Å². The lowest BCUT2D eigenvalue weighted by Gasteiger charge is -2.32. The maximum absolute atomic E-state index is 14.3. The molecule has 4 rings (SSSR count). The van der Waals surface area contributed by atoms with Gasteiger partial charge in [-0.3, -0.25) is 4.99 Å². The van der Waals surface area contributed by atoms with Gasteiger partial charge in [-0.1, -0.05) is 29.4 Å². The van der Waals surface area contributed by atoms with E-state index < -0.39 is 5.82 Å². The molecule has 0 saturated heterocycles. The Hall–Kier alpha value is -3.46. The lowest BCUT2D eigenvalue weighted by atomic mass is 9.98. The SMILES string of the molecule is Cc1cccc2c1=C(c1cccc(F)c1C#N)N(C)C(c1cnoc1)N=2. The number of nitrogens with zero attached hydrogens (tertiary/aromatic N) is 4. The van der Waals surface area contributed by atoms with Crippen LogP contribution in [0.1, 0.15) is 28.4 Å². The average Bonchev–Trinajstić information content (AvgIpc) is 3.16. The second-order valence-electron chi connectivity index (χ2n) is 6.16. The van der Waals surface area contributed by atoms with Crippen molar-refractivity contribution in [2.24, 2.45) is 4.99 Å². The normalized spacial score (nSPS) is 16.0. The van der Waals surface area contributed by atoms with Crippen LogP contribution in [0.3, 0.4) is 0 Å². The standard InChI is InChI=1S/C20H15FN4O/c1-12-5-3-8-17-18(12)19(14-6-4-7-16(21)15(14)9-22)25(2)20(24-17)13-10-23-26-11-13/h3-8,10-11,20H,1-2H3. The summed E-state index contributed by atoms with van der Waals surface area (Å²) in [6.45, 7) is 1.98. The maximum Gasteiger partial charge on any atom is 0.152 e. The maximum atomic E-state index is 14.3. The fourth-order valence-electron chi connectivity index (χ4n) is 3.38. The molecule has 1 atom stereocenters. The van der Waals surface area contributed by atoms with E-state index >= 15 is 0 Å². The van der Waals surface area contributed by atoms with E-state index in [1.807, 2.05) is 43.1 Å². The Balaban J connectivity index is 2.11. The van der Waals surface area contributed by atoms with Gasteiger partial charge in [0.05, 0.1) is 28.4 Å². The Morgan fingerprint density at radius 1 is 1.23 bits per heavy atom. The first kappa shape index (κ1) is 16.0. The lowest BCUT2D eigenvalue weighted by molar-refractivity contribution is 0.346. The molecule has 2 aromatic carbocycles. The predicted molar refractivity (Wildman–Crippen MR) is 92.6 cm³/mol. The molecule has 0 N–H and O–H groups in total. The third-order valence-electron chi connectivity index (χ3n) is 4.60. The fraction of sp³-hybridized carbons (Fsp3) is 0.150. The first-order chi connectivity index (χ1) is 12.6. The summed E-state index contributed by atoms with van der Waals surface area (Å²) in [5.74, 6) is -0.537. The minimum absolute atomic E-state index is 0.0227. The highest BCUT2D eigenvalue weighted by Crippen LogP contribution is 2.31. The number of hydrogen-bond donors (Lipinski definition) is 0. The van der Waals surface area contributed by atoms with E-state index in [-0.39, 0.29) is 11.7 Å². The Bertz CT molecular complexity index is 1150. The van der Waals surface area contributed by atoms with Crippen molar-refractivity contribution in [3.8, 4) is 6.07 Å². The molecular weight excluding hydrogens is 331 g/mol. The van der Waals surface area contributed by atoms with Crippen LogP contribution in [0.25, 0.3) is 5.70 Å². The van der Waals surface area contributed by atoms with Crippen LogP contribution in [-0.2, 0) is 0 Å². The molecule has 0 spiro atoms. The van der Waals surface area contributed by atoms with Crippen LogP contribution in [0.2, 0.25) is 0 Å². The molecule has 1 aliphatic rings. The summed E-state index contributed by atoms with van der Waals surface area (Å²) >= 11 is 0. The molecule has 2 heterocycles. The van der Waals surface area contributed by atoms with Gasteiger partial charge in [0.25, 0.3) is 0 Å². The van der Waals surface area contributed by atoms with Crippen molar-refractivity contribution < 1.29 is 8.91 Å². The first-order valence-electron chi connectivity index (χ1n) is 8.10. The summed E-state index contributed by atoms with van der Waals surface area (Å²) in [4.78, 5) is 6.74. The zero-order valence-electron chi connectivity index (χ0n) is 14.3. The summed E-state index contributed by atoms with van der Waals surface area (Å²) in [6, 6.07) is 12.5. The molecule has 5 nitrogen and oxygen atoms in total. The highest BCUT2D eigenvalue weighted by atomic mass is 19.1. The molecule has 0 fully saturated rings. The van der Waals surface area contributed by atoms with Crippen molar-refractivity contribution in [2.45, 2.75) is 13.1 Å². The second kappa shape index (κ2) is 6.12. The zero-order valence-corrected chi connectivity index (χ0v) is 14.3. The van der Waals surface area contributed by atoms with Crippen molar-refractivity contribution in [3.63, 3.8) is 0 Å². The largest absolute Gasteiger partial charge is 0.364 e. The van der Waals surface area contributed by atoms with Crippen LogP contribution in [0.15, 0.2) is 58.4 Å². The van der Waals surface area contributed by atoms with Gasteiger partial charge >= 0.3 is 0 Å². The van der Waals surface area contributed by atoms with E-state index in [1.165, 1.54) is 6.07 Å². The smallest absolute Gasteiger partial charge is 0.152 e. The molecule has 1 aliphatic heterocycles. The monoisotopic (exact) mass is 346 g/mol. The van der Waals surface area contributed by atoms with Gasteiger partial charge in [-0.25, -0.2) is 4.39 Å². The molecule has 0 saturated carbocycles. The molecule has 3 aromatic rings. The molecule has 128 valence electrons. The van der Waals surface area contributed by atoms with E-state index in [0.717, 1.165) is 27.4 Å². The Morgan fingerprint density at radius 3 is 2.77 bits per heavy atom. The Labute approximate surface area is 149 Å². The van der Waals surface area contributed by atoms with Gasteiger partial charge in [0.15, 0.2) is 6.17 Å². The van der Waals surface area contributed by atoms with Crippen LogP contribution in [0.4, 0.5) is 4.39 Å². The van der Waals surface area contributed by atoms with Gasteiger partial charge in [-0.15, -0.1) is 0 Å². The van der Waals surface area contributed by atoms with Gasteiger partial charge < -0.3 is 9.42 Å². The minimum Gasteiger partial charge on any atom is -0.364 e. The summed E-state index contributed by atoms with van der Waals surface area (Å²) in [6.07, 6.45) is 2.78. The van der Waals surface area contributed by atoms with Gasteiger partial charge in [-0.05, 0) is 24.6 Å². The number of hydrogen-bond acceptors (Lipinski definition) is 5. The molecule has 1 aromatic heterocycles. The van der Waals surface area contributed by atoms with Crippen molar-refractivity contribution in [1.82, 2.24) is 10.1 Å². The lowest BCUT2D eigenvalue weighted by Crippen LogP contribution is -2.42. The van der Waals surface area contributed by atoms with Gasteiger partial charge in [0.2, 0.25) is 0 Å². The number of aromatic nitrogens is 1. The molecule has 0 bridgehead atoms. The topological polar surface area (TPSA) is 65.4 Å². The number of fused-ring (bicyclic) bond motifs is 1. The minimum atomic E-state index is -0.537. The number of rotatable bonds is 2. The summed E-state index contributed by atoms with van der Waals surface area (Å²) < 4.78 is 19.3. The fourth-order valence-corrected chi connectivity index (χ4v) is 3.38. The zero-order chi connectivity index (χ0) is 18.3. The van der Waals surface area contributed by atoms with Crippen LogP contribution >= 0.6 is 0 Å². The molecular formula is C20H15FN4O. The van der Waals surface area contributed by atoms with Gasteiger partial charge in [-0.2, -0.15) is 5.26 Å². The van der Waals surface area contributed by atoms with E-state index in [0.29, 0.717) is 5.56 Å². The van der Waals surface area contributed by atoms with Crippen LogP contribution in [-0.4, -0.2) is 17.1 Å². The molecule has 0 radical (unpaired) electrons. The number of nitriles is 1. The summed E-state index contributed by atoms with van der Waals surface area (Å²) in [5.41, 5.74) is 3.11. The number of halogens is 1. The quantitative estimate of drug-likeness (QED) is 0.715. The second-order valence-corrected chi connectivity index (χ2v) is 6.16. The van der Waals surface area contributed by atoms with Crippen molar-refractivity contribution in [3.05, 3.63) is 87.5 Å². The Morgan fingerprint density at radius 2 is 2.04 bits per heavy atom. The van der Waals surface area contributed by atoms with Crippen molar-refractivity contribution >= 4 is 5.70 Å². The van der Waals surface area contributed by atoms with Gasteiger partial charge in [0.1, 0.15) is 18.1 Å². The number of aryl methyl sites for hydroxylation is 1. The van der Waals surface area contributed by atoms with E-state index in [9.17, 15) is 9.65 Å². The third-order valence-corrected chi connectivity index (χ3v) is 4.60. The Kier molecular flexibility index (Phi) is 3.77. The molecule has 0 amide bonds. The van der Waals surface area contributed by atoms with Crippen LogP contribution in [0.5, 0.6) is 0 Å². The molecule has 0 aliphatic carbocycles.